The van der Waals surface area contributed by atoms with E-state index < -0.39 is 0 Å². The molecule has 0 fully saturated rings. The Balaban J connectivity index is 2.45. The van der Waals surface area contributed by atoms with Gasteiger partial charge in [0.05, 0.1) is 11.9 Å². The van der Waals surface area contributed by atoms with E-state index in [9.17, 15) is 0 Å². The lowest BCUT2D eigenvalue weighted by atomic mass is 9.99. The highest BCUT2D eigenvalue weighted by atomic mass is 79.9. The van der Waals surface area contributed by atoms with E-state index in [-0.39, 0.29) is 4.83 Å². The molecule has 1 nitrogen and oxygen atoms in total. The van der Waals surface area contributed by atoms with Crippen molar-refractivity contribution in [1.82, 2.24) is 0 Å². The molecule has 0 N–H and O–H groups in total. The van der Waals surface area contributed by atoms with Crippen LogP contribution in [0.25, 0.3) is 0 Å². The van der Waals surface area contributed by atoms with Gasteiger partial charge >= 0.3 is 0 Å². The Morgan fingerprint density at radius 1 is 1.00 bits per heavy atom. The van der Waals surface area contributed by atoms with Crippen molar-refractivity contribution in [2.45, 2.75) is 18.7 Å². The van der Waals surface area contributed by atoms with Crippen LogP contribution in [0, 0.1) is 13.8 Å². The number of methoxy groups -OCH3 is 1. The number of benzene rings is 2. The van der Waals surface area contributed by atoms with Gasteiger partial charge in [0.15, 0.2) is 0 Å². The number of hydrogen-bond donors (Lipinski definition) is 0. The molecule has 0 amide bonds. The first-order chi connectivity index (χ1) is 9.42. The molecule has 0 saturated heterocycles. The Labute approximate surface area is 141 Å². The van der Waals surface area contributed by atoms with Gasteiger partial charge in [-0.25, -0.2) is 0 Å². The molecule has 2 rings (SSSR count). The van der Waals surface area contributed by atoms with E-state index in [0.29, 0.717) is 0 Å². The van der Waals surface area contributed by atoms with Crippen molar-refractivity contribution < 1.29 is 4.74 Å². The molecule has 0 bridgehead atoms. The van der Waals surface area contributed by atoms with Crippen molar-refractivity contribution in [3.05, 3.63) is 62.1 Å². The lowest BCUT2D eigenvalue weighted by Crippen LogP contribution is -1.98. The van der Waals surface area contributed by atoms with Crippen LogP contribution in [0.15, 0.2) is 34.8 Å². The van der Waals surface area contributed by atoms with Crippen molar-refractivity contribution in [2.24, 2.45) is 0 Å². The number of rotatable bonds is 3. The van der Waals surface area contributed by atoms with E-state index in [1.165, 1.54) is 5.56 Å². The molecule has 4 heteroatoms. The molecule has 0 aliphatic rings. The van der Waals surface area contributed by atoms with Crippen LogP contribution in [-0.2, 0) is 0 Å². The van der Waals surface area contributed by atoms with E-state index >= 15 is 0 Å². The SMILES string of the molecule is COc1c(C)cc(C(Br)c2cc(Cl)cc(Br)c2)cc1C. The lowest BCUT2D eigenvalue weighted by molar-refractivity contribution is 0.408. The van der Waals surface area contributed by atoms with Crippen molar-refractivity contribution in [2.75, 3.05) is 7.11 Å². The van der Waals surface area contributed by atoms with Crippen LogP contribution in [0.1, 0.15) is 27.1 Å². The molecular weight excluding hydrogens is 403 g/mol. The fraction of sp³-hybridized carbons (Fsp3) is 0.250. The molecule has 1 unspecified atom stereocenters. The van der Waals surface area contributed by atoms with E-state index in [1.807, 2.05) is 12.1 Å². The zero-order valence-corrected chi connectivity index (χ0v) is 15.4. The van der Waals surface area contributed by atoms with Crippen molar-refractivity contribution in [1.29, 1.82) is 0 Å². The summed E-state index contributed by atoms with van der Waals surface area (Å²) in [6.07, 6.45) is 0. The molecule has 1 atom stereocenters. The third kappa shape index (κ3) is 3.38. The minimum absolute atomic E-state index is 0.0980. The van der Waals surface area contributed by atoms with E-state index in [1.54, 1.807) is 7.11 Å². The Hall–Kier alpha value is -0.510. The number of halogens is 3. The molecule has 20 heavy (non-hydrogen) atoms. The molecule has 0 aliphatic carbocycles. The maximum absolute atomic E-state index is 6.12. The standard InChI is InChI=1S/C16H15Br2ClO/c1-9-4-11(5-10(2)16(9)20-3)15(18)12-6-13(17)8-14(19)7-12/h4-8,15H,1-3H3. The first-order valence-electron chi connectivity index (χ1n) is 6.17. The largest absolute Gasteiger partial charge is 0.496 e. The van der Waals surface area contributed by atoms with Crippen LogP contribution in [0.3, 0.4) is 0 Å². The number of hydrogen-bond acceptors (Lipinski definition) is 1. The second kappa shape index (κ2) is 6.50. The third-order valence-electron chi connectivity index (χ3n) is 3.16. The highest BCUT2D eigenvalue weighted by Crippen LogP contribution is 2.37. The molecule has 0 aliphatic heterocycles. The van der Waals surface area contributed by atoms with Gasteiger partial charge in [-0.15, -0.1) is 0 Å². The van der Waals surface area contributed by atoms with Gasteiger partial charge in [0.2, 0.25) is 0 Å². The fourth-order valence-corrected chi connectivity index (χ4v) is 3.78. The summed E-state index contributed by atoms with van der Waals surface area (Å²) in [5, 5.41) is 0.723. The van der Waals surface area contributed by atoms with Gasteiger partial charge in [-0.3, -0.25) is 0 Å². The quantitative estimate of drug-likeness (QED) is 0.538. The molecular formula is C16H15Br2ClO. The minimum atomic E-state index is 0.0980. The van der Waals surface area contributed by atoms with Gasteiger partial charge in [-0.1, -0.05) is 55.6 Å². The summed E-state index contributed by atoms with van der Waals surface area (Å²) in [5.41, 5.74) is 4.57. The van der Waals surface area contributed by atoms with Crippen molar-refractivity contribution >= 4 is 43.5 Å². The normalized spacial score (nSPS) is 12.3. The molecule has 0 saturated carbocycles. The summed E-state index contributed by atoms with van der Waals surface area (Å²) in [6, 6.07) is 10.2. The zero-order valence-electron chi connectivity index (χ0n) is 11.5. The summed E-state index contributed by atoms with van der Waals surface area (Å²) in [6.45, 7) is 4.12. The maximum atomic E-state index is 6.12. The van der Waals surface area contributed by atoms with Crippen LogP contribution in [-0.4, -0.2) is 7.11 Å². The topological polar surface area (TPSA) is 9.23 Å². The predicted molar refractivity (Wildman–Crippen MR) is 92.4 cm³/mol. The highest BCUT2D eigenvalue weighted by Gasteiger charge is 2.15. The molecule has 2 aromatic carbocycles. The van der Waals surface area contributed by atoms with E-state index in [2.05, 4.69) is 63.9 Å². The average molecular weight is 419 g/mol. The average Bonchev–Trinajstić information content (AvgIpc) is 2.36. The highest BCUT2D eigenvalue weighted by molar-refractivity contribution is 9.10. The fourth-order valence-electron chi connectivity index (χ4n) is 2.37. The molecule has 2 aromatic rings. The predicted octanol–water partition coefficient (Wildman–Crippen LogP) is 6.21. The molecule has 0 heterocycles. The van der Waals surface area contributed by atoms with Crippen LogP contribution in [0.2, 0.25) is 5.02 Å². The number of aryl methyl sites for hydroxylation is 2. The van der Waals surface area contributed by atoms with Crippen LogP contribution in [0.4, 0.5) is 0 Å². The second-order valence-corrected chi connectivity index (χ2v) is 7.02. The monoisotopic (exact) mass is 416 g/mol. The molecule has 0 spiro atoms. The van der Waals surface area contributed by atoms with Crippen molar-refractivity contribution in [3.8, 4) is 5.75 Å². The maximum Gasteiger partial charge on any atom is 0.124 e. The lowest BCUT2D eigenvalue weighted by Gasteiger charge is -2.16. The summed E-state index contributed by atoms with van der Waals surface area (Å²) < 4.78 is 6.39. The zero-order chi connectivity index (χ0) is 14.9. The molecule has 0 radical (unpaired) electrons. The summed E-state index contributed by atoms with van der Waals surface area (Å²) >= 11 is 13.4. The van der Waals surface area contributed by atoms with Crippen molar-refractivity contribution in [3.63, 3.8) is 0 Å². The Bertz CT molecular complexity index is 597. The van der Waals surface area contributed by atoms with Gasteiger partial charge in [-0.05, 0) is 54.3 Å². The summed E-state index contributed by atoms with van der Waals surface area (Å²) in [5.74, 6) is 0.945. The van der Waals surface area contributed by atoms with Gasteiger partial charge in [0, 0.05) is 9.50 Å². The Morgan fingerprint density at radius 2 is 1.55 bits per heavy atom. The Morgan fingerprint density at radius 3 is 2.05 bits per heavy atom. The number of ether oxygens (including phenoxy) is 1. The van der Waals surface area contributed by atoms with Crippen LogP contribution >= 0.6 is 43.5 Å². The first-order valence-corrected chi connectivity index (χ1v) is 8.26. The van der Waals surface area contributed by atoms with Gasteiger partial charge in [-0.2, -0.15) is 0 Å². The smallest absolute Gasteiger partial charge is 0.124 e. The van der Waals surface area contributed by atoms with Gasteiger partial charge in [0.1, 0.15) is 5.75 Å². The molecule has 106 valence electrons. The third-order valence-corrected chi connectivity index (χ3v) is 4.89. The number of alkyl halides is 1. The van der Waals surface area contributed by atoms with E-state index in [4.69, 9.17) is 16.3 Å². The van der Waals surface area contributed by atoms with Crippen LogP contribution in [0.5, 0.6) is 5.75 Å². The Kier molecular flexibility index (Phi) is 5.16. The first kappa shape index (κ1) is 15.9. The second-order valence-electron chi connectivity index (χ2n) is 4.75. The van der Waals surface area contributed by atoms with Crippen LogP contribution < -0.4 is 4.74 Å². The summed E-state index contributed by atoms with van der Waals surface area (Å²) in [4.78, 5) is 0.0980. The minimum Gasteiger partial charge on any atom is -0.496 e. The molecule has 0 aromatic heterocycles. The summed E-state index contributed by atoms with van der Waals surface area (Å²) in [7, 11) is 1.70. The van der Waals surface area contributed by atoms with Gasteiger partial charge < -0.3 is 4.74 Å². The van der Waals surface area contributed by atoms with Gasteiger partial charge in [0.25, 0.3) is 0 Å². The van der Waals surface area contributed by atoms with E-state index in [0.717, 1.165) is 31.9 Å².